The molecule has 0 heterocycles. The number of hydrogen-bond acceptors (Lipinski definition) is 7. The monoisotopic (exact) mass is 377 g/mol. The Kier molecular flexibility index (Phi) is 10.2. The van der Waals surface area contributed by atoms with E-state index in [-0.39, 0.29) is 18.6 Å². The summed E-state index contributed by atoms with van der Waals surface area (Å²) in [5, 5.41) is 15.7. The van der Waals surface area contributed by atoms with E-state index in [1.807, 2.05) is 0 Å². The summed E-state index contributed by atoms with van der Waals surface area (Å²) >= 11 is 3.84. The molecular weight excluding hydrogens is 354 g/mol. The number of aliphatic carboxylic acids is 1. The largest absolute Gasteiger partial charge is 0.480 e. The van der Waals surface area contributed by atoms with Crippen molar-refractivity contribution in [3.05, 3.63) is 0 Å². The first kappa shape index (κ1) is 22.7. The summed E-state index contributed by atoms with van der Waals surface area (Å²) in [6.07, 6.45) is -0.385. The van der Waals surface area contributed by atoms with Crippen molar-refractivity contribution in [3.8, 4) is 0 Å². The zero-order valence-electron chi connectivity index (χ0n) is 13.7. The molecular formula is C13H23N5O6S. The summed E-state index contributed by atoms with van der Waals surface area (Å²) < 4.78 is 0. The molecule has 3 atom stereocenters. The smallest absolute Gasteiger partial charge is 0.326 e. The number of carboxylic acids is 1. The minimum atomic E-state index is -1.33. The van der Waals surface area contributed by atoms with Gasteiger partial charge in [0.2, 0.25) is 23.6 Å². The van der Waals surface area contributed by atoms with E-state index in [9.17, 15) is 24.0 Å². The number of amides is 4. The van der Waals surface area contributed by atoms with Crippen LogP contribution in [0.2, 0.25) is 0 Å². The first-order valence-electron chi connectivity index (χ1n) is 7.33. The standard InChI is InChI=1S/C13H23N5O6S/c1-6(17-10(20)4-16-12(22)7(14)5-25)11(21)18-8(13(23)24)2-3-9(15)19/h6-8,25H,2-5,14H2,1H3,(H2,15,19)(H,16,22)(H,17,20)(H,18,21)(H,23,24). The number of nitrogens with one attached hydrogen (secondary N) is 3. The fourth-order valence-electron chi connectivity index (χ4n) is 1.58. The Hall–Kier alpha value is -2.34. The van der Waals surface area contributed by atoms with E-state index in [2.05, 4.69) is 28.6 Å². The van der Waals surface area contributed by atoms with Gasteiger partial charge in [0.15, 0.2) is 0 Å². The van der Waals surface area contributed by atoms with Crippen LogP contribution in [0.15, 0.2) is 0 Å². The third-order valence-electron chi connectivity index (χ3n) is 3.02. The first-order valence-corrected chi connectivity index (χ1v) is 7.96. The lowest BCUT2D eigenvalue weighted by Crippen LogP contribution is -2.52. The summed E-state index contributed by atoms with van der Waals surface area (Å²) in [6, 6.07) is -3.23. The average Bonchev–Trinajstić information content (AvgIpc) is 2.54. The molecule has 0 aromatic rings. The molecule has 0 bridgehead atoms. The molecule has 11 nitrogen and oxygen atoms in total. The summed E-state index contributed by atoms with van der Waals surface area (Å²) in [5.41, 5.74) is 10.3. The molecule has 0 saturated carbocycles. The van der Waals surface area contributed by atoms with Crippen LogP contribution in [0.4, 0.5) is 0 Å². The van der Waals surface area contributed by atoms with E-state index in [1.165, 1.54) is 6.92 Å². The van der Waals surface area contributed by atoms with Crippen LogP contribution in [-0.4, -0.2) is 65.1 Å². The third-order valence-corrected chi connectivity index (χ3v) is 3.41. The quantitative estimate of drug-likeness (QED) is 0.183. The fraction of sp³-hybridized carbons (Fsp3) is 0.615. The van der Waals surface area contributed by atoms with Gasteiger partial charge in [-0.2, -0.15) is 12.6 Å². The van der Waals surface area contributed by atoms with Gasteiger partial charge in [0, 0.05) is 12.2 Å². The zero-order valence-corrected chi connectivity index (χ0v) is 14.5. The van der Waals surface area contributed by atoms with Gasteiger partial charge in [0.1, 0.15) is 12.1 Å². The molecule has 12 heteroatoms. The maximum Gasteiger partial charge on any atom is 0.326 e. The van der Waals surface area contributed by atoms with E-state index < -0.39 is 54.3 Å². The maximum absolute atomic E-state index is 11.9. The lowest BCUT2D eigenvalue weighted by atomic mass is 10.1. The molecule has 3 unspecified atom stereocenters. The number of rotatable bonds is 11. The van der Waals surface area contributed by atoms with Crippen LogP contribution in [0.5, 0.6) is 0 Å². The van der Waals surface area contributed by atoms with Gasteiger partial charge in [0.05, 0.1) is 12.6 Å². The molecule has 0 saturated heterocycles. The van der Waals surface area contributed by atoms with Crippen molar-refractivity contribution in [1.82, 2.24) is 16.0 Å². The van der Waals surface area contributed by atoms with Crippen LogP contribution in [0, 0.1) is 0 Å². The average molecular weight is 377 g/mol. The normalized spacial score (nSPS) is 13.9. The summed E-state index contributed by atoms with van der Waals surface area (Å²) in [6.45, 7) is 0.934. The van der Waals surface area contributed by atoms with Crippen LogP contribution in [0.1, 0.15) is 19.8 Å². The van der Waals surface area contributed by atoms with Crippen LogP contribution in [0.25, 0.3) is 0 Å². The molecule has 142 valence electrons. The molecule has 0 aliphatic rings. The van der Waals surface area contributed by atoms with E-state index in [1.54, 1.807) is 0 Å². The number of thiol groups is 1. The van der Waals surface area contributed by atoms with Crippen LogP contribution >= 0.6 is 12.6 Å². The first-order chi connectivity index (χ1) is 11.6. The Bertz CT molecular complexity index is 529. The van der Waals surface area contributed by atoms with Crippen molar-refractivity contribution in [2.24, 2.45) is 11.5 Å². The number of carbonyl (C=O) groups excluding carboxylic acids is 4. The van der Waals surface area contributed by atoms with Crippen molar-refractivity contribution in [3.63, 3.8) is 0 Å². The molecule has 0 rings (SSSR count). The lowest BCUT2D eigenvalue weighted by molar-refractivity contribution is -0.142. The second kappa shape index (κ2) is 11.3. The van der Waals surface area contributed by atoms with Gasteiger partial charge in [-0.1, -0.05) is 0 Å². The predicted molar refractivity (Wildman–Crippen MR) is 90.4 cm³/mol. The molecule has 0 aliphatic carbocycles. The van der Waals surface area contributed by atoms with Gasteiger partial charge in [-0.3, -0.25) is 19.2 Å². The maximum atomic E-state index is 11.9. The van der Waals surface area contributed by atoms with Crippen LogP contribution in [-0.2, 0) is 24.0 Å². The Morgan fingerprint density at radius 3 is 2.20 bits per heavy atom. The topological polar surface area (TPSA) is 194 Å². The Labute approximate surface area is 149 Å². The second-order valence-electron chi connectivity index (χ2n) is 5.20. The SMILES string of the molecule is CC(NC(=O)CNC(=O)C(N)CS)C(=O)NC(CCC(N)=O)C(=O)O. The number of carbonyl (C=O) groups is 5. The molecule has 0 fully saturated rings. The van der Waals surface area contributed by atoms with E-state index in [0.717, 1.165) is 0 Å². The molecule has 8 N–H and O–H groups in total. The second-order valence-corrected chi connectivity index (χ2v) is 5.57. The fourth-order valence-corrected chi connectivity index (χ4v) is 1.75. The van der Waals surface area contributed by atoms with Crippen molar-refractivity contribution < 1.29 is 29.1 Å². The predicted octanol–water partition coefficient (Wildman–Crippen LogP) is -3.30. The highest BCUT2D eigenvalue weighted by Gasteiger charge is 2.24. The Balaban J connectivity index is 4.43. The molecule has 0 radical (unpaired) electrons. The Morgan fingerprint density at radius 1 is 1.12 bits per heavy atom. The minimum absolute atomic E-state index is 0.105. The minimum Gasteiger partial charge on any atom is -0.480 e. The zero-order chi connectivity index (χ0) is 19.6. The van der Waals surface area contributed by atoms with Crippen molar-refractivity contribution in [2.75, 3.05) is 12.3 Å². The van der Waals surface area contributed by atoms with Gasteiger partial charge < -0.3 is 32.5 Å². The van der Waals surface area contributed by atoms with Gasteiger partial charge >= 0.3 is 5.97 Å². The van der Waals surface area contributed by atoms with Gasteiger partial charge in [-0.15, -0.1) is 0 Å². The lowest BCUT2D eigenvalue weighted by Gasteiger charge is -2.18. The Morgan fingerprint density at radius 2 is 1.72 bits per heavy atom. The van der Waals surface area contributed by atoms with Gasteiger partial charge in [-0.25, -0.2) is 4.79 Å². The highest BCUT2D eigenvalue weighted by Crippen LogP contribution is 1.98. The molecule has 0 spiro atoms. The summed E-state index contributed by atoms with van der Waals surface area (Å²) in [5.74, 6) is -3.92. The number of nitrogens with two attached hydrogens (primary N) is 2. The summed E-state index contributed by atoms with van der Waals surface area (Å²) in [7, 11) is 0. The van der Waals surface area contributed by atoms with E-state index in [0.29, 0.717) is 0 Å². The van der Waals surface area contributed by atoms with Gasteiger partial charge in [0.25, 0.3) is 0 Å². The van der Waals surface area contributed by atoms with Crippen LogP contribution < -0.4 is 27.4 Å². The highest BCUT2D eigenvalue weighted by atomic mass is 32.1. The molecule has 0 aromatic carbocycles. The van der Waals surface area contributed by atoms with Crippen molar-refractivity contribution in [1.29, 1.82) is 0 Å². The van der Waals surface area contributed by atoms with Crippen LogP contribution in [0.3, 0.4) is 0 Å². The van der Waals surface area contributed by atoms with Crippen molar-refractivity contribution >= 4 is 42.2 Å². The molecule has 0 aliphatic heterocycles. The van der Waals surface area contributed by atoms with E-state index >= 15 is 0 Å². The third kappa shape index (κ3) is 9.52. The molecule has 4 amide bonds. The highest BCUT2D eigenvalue weighted by molar-refractivity contribution is 7.80. The molecule has 0 aromatic heterocycles. The van der Waals surface area contributed by atoms with Crippen molar-refractivity contribution in [2.45, 2.75) is 37.9 Å². The van der Waals surface area contributed by atoms with Gasteiger partial charge in [-0.05, 0) is 13.3 Å². The number of carboxylic acid groups (broad SMARTS) is 1. The molecule has 25 heavy (non-hydrogen) atoms. The van der Waals surface area contributed by atoms with E-state index in [4.69, 9.17) is 16.6 Å². The number of primary amides is 1. The number of hydrogen-bond donors (Lipinski definition) is 7. The summed E-state index contributed by atoms with van der Waals surface area (Å²) in [4.78, 5) is 56.7.